The summed E-state index contributed by atoms with van der Waals surface area (Å²) in [5, 5.41) is 3.94. The Hall–Kier alpha value is -2.02. The van der Waals surface area contributed by atoms with Crippen molar-refractivity contribution < 1.29 is 18.0 Å². The molecule has 1 saturated carbocycles. The van der Waals surface area contributed by atoms with Crippen LogP contribution in [0.15, 0.2) is 28.8 Å². The van der Waals surface area contributed by atoms with Gasteiger partial charge in [0.1, 0.15) is 5.75 Å². The monoisotopic (exact) mass is 351 g/mol. The van der Waals surface area contributed by atoms with Crippen LogP contribution in [0.2, 0.25) is 0 Å². The van der Waals surface area contributed by atoms with Crippen LogP contribution in [0.25, 0.3) is 11.4 Å². The smallest absolute Gasteiger partial charge is 0.387 e. The largest absolute Gasteiger partial charge is 0.434 e. The molecule has 1 heterocycles. The molecule has 0 bridgehead atoms. The van der Waals surface area contributed by atoms with E-state index in [1.807, 2.05) is 0 Å². The fraction of sp³-hybridized carbons (Fsp3) is 0.556. The van der Waals surface area contributed by atoms with Gasteiger partial charge in [0.05, 0.1) is 12.1 Å². The van der Waals surface area contributed by atoms with Gasteiger partial charge in [-0.2, -0.15) is 13.8 Å². The average molecular weight is 351 g/mol. The van der Waals surface area contributed by atoms with E-state index in [0.717, 1.165) is 13.0 Å². The first-order valence-electron chi connectivity index (χ1n) is 8.63. The zero-order chi connectivity index (χ0) is 17.8. The Bertz CT molecular complexity index is 686. The zero-order valence-electron chi connectivity index (χ0n) is 14.5. The summed E-state index contributed by atoms with van der Waals surface area (Å²) in [5.74, 6) is 1.45. The third-order valence-electron chi connectivity index (χ3n) is 4.21. The molecule has 1 aromatic heterocycles. The number of rotatable bonds is 9. The number of hydrogen-bond acceptors (Lipinski definition) is 5. The third-order valence-corrected chi connectivity index (χ3v) is 4.21. The molecule has 0 spiro atoms. The lowest BCUT2D eigenvalue weighted by Gasteiger charge is -2.20. The predicted octanol–water partition coefficient (Wildman–Crippen LogP) is 4.35. The molecule has 0 radical (unpaired) electrons. The maximum atomic E-state index is 12.5. The van der Waals surface area contributed by atoms with Crippen molar-refractivity contribution in [3.05, 3.63) is 30.2 Å². The van der Waals surface area contributed by atoms with Crippen molar-refractivity contribution in [1.82, 2.24) is 15.0 Å². The molecular weight excluding hydrogens is 328 g/mol. The topological polar surface area (TPSA) is 51.4 Å². The van der Waals surface area contributed by atoms with Crippen LogP contribution in [0.4, 0.5) is 8.78 Å². The van der Waals surface area contributed by atoms with Gasteiger partial charge in [-0.15, -0.1) is 0 Å². The highest BCUT2D eigenvalue weighted by Crippen LogP contribution is 2.31. The Morgan fingerprint density at radius 3 is 2.72 bits per heavy atom. The molecule has 2 aromatic rings. The fourth-order valence-electron chi connectivity index (χ4n) is 2.71. The van der Waals surface area contributed by atoms with Gasteiger partial charge < -0.3 is 9.26 Å². The first-order valence-corrected chi connectivity index (χ1v) is 8.63. The van der Waals surface area contributed by atoms with Crippen molar-refractivity contribution in [3.8, 4) is 17.1 Å². The highest BCUT2D eigenvalue weighted by atomic mass is 19.3. The Morgan fingerprint density at radius 2 is 2.04 bits per heavy atom. The molecule has 136 valence electrons. The molecular formula is C18H23F2N3O2. The molecule has 5 nitrogen and oxygen atoms in total. The van der Waals surface area contributed by atoms with Crippen LogP contribution in [0, 0.1) is 5.92 Å². The van der Waals surface area contributed by atoms with Crippen molar-refractivity contribution in [2.75, 3.05) is 6.54 Å². The quantitative estimate of drug-likeness (QED) is 0.672. The lowest BCUT2D eigenvalue weighted by molar-refractivity contribution is -0.0494. The third kappa shape index (κ3) is 4.98. The van der Waals surface area contributed by atoms with Gasteiger partial charge in [-0.25, -0.2) is 0 Å². The van der Waals surface area contributed by atoms with Crippen molar-refractivity contribution in [2.45, 2.75) is 52.3 Å². The molecule has 3 rings (SSSR count). The SMILES string of the molecule is CC(C)CCN(Cc1nc(-c2ccccc2OC(F)F)no1)C1CC1. The van der Waals surface area contributed by atoms with Crippen molar-refractivity contribution in [2.24, 2.45) is 5.92 Å². The van der Waals surface area contributed by atoms with E-state index in [-0.39, 0.29) is 11.6 Å². The number of nitrogens with zero attached hydrogens (tertiary/aromatic N) is 3. The van der Waals surface area contributed by atoms with E-state index in [0.29, 0.717) is 30.0 Å². The van der Waals surface area contributed by atoms with Crippen LogP contribution in [0.5, 0.6) is 5.75 Å². The molecule has 0 saturated heterocycles. The van der Waals surface area contributed by atoms with Gasteiger partial charge >= 0.3 is 6.61 Å². The minimum Gasteiger partial charge on any atom is -0.434 e. The van der Waals surface area contributed by atoms with E-state index in [9.17, 15) is 8.78 Å². The summed E-state index contributed by atoms with van der Waals surface area (Å²) in [6, 6.07) is 7.05. The van der Waals surface area contributed by atoms with Gasteiger partial charge in [0.2, 0.25) is 11.7 Å². The van der Waals surface area contributed by atoms with Crippen LogP contribution in [-0.2, 0) is 6.54 Å². The normalized spacial score (nSPS) is 14.7. The van der Waals surface area contributed by atoms with Crippen molar-refractivity contribution >= 4 is 0 Å². The maximum Gasteiger partial charge on any atom is 0.387 e. The van der Waals surface area contributed by atoms with Gasteiger partial charge in [0, 0.05) is 6.04 Å². The number of alkyl halides is 2. The minimum absolute atomic E-state index is 0.0451. The number of benzene rings is 1. The lowest BCUT2D eigenvalue weighted by atomic mass is 10.1. The number of para-hydroxylation sites is 1. The summed E-state index contributed by atoms with van der Waals surface area (Å²) in [5.41, 5.74) is 0.401. The molecule has 0 amide bonds. The second-order valence-corrected chi connectivity index (χ2v) is 6.77. The lowest BCUT2D eigenvalue weighted by Crippen LogP contribution is -2.27. The second kappa shape index (κ2) is 7.91. The molecule has 0 atom stereocenters. The maximum absolute atomic E-state index is 12.5. The second-order valence-electron chi connectivity index (χ2n) is 6.77. The molecule has 0 unspecified atom stereocenters. The fourth-order valence-corrected chi connectivity index (χ4v) is 2.71. The molecule has 7 heteroatoms. The zero-order valence-corrected chi connectivity index (χ0v) is 14.5. The van der Waals surface area contributed by atoms with Crippen molar-refractivity contribution in [3.63, 3.8) is 0 Å². The molecule has 1 aliphatic carbocycles. The van der Waals surface area contributed by atoms with Gasteiger partial charge in [0.25, 0.3) is 0 Å². The number of hydrogen-bond donors (Lipinski definition) is 0. The molecule has 1 fully saturated rings. The highest BCUT2D eigenvalue weighted by molar-refractivity contribution is 5.63. The highest BCUT2D eigenvalue weighted by Gasteiger charge is 2.30. The number of aromatic nitrogens is 2. The first-order chi connectivity index (χ1) is 12.0. The van der Waals surface area contributed by atoms with Crippen LogP contribution >= 0.6 is 0 Å². The average Bonchev–Trinajstić information content (AvgIpc) is 3.30. The Kier molecular flexibility index (Phi) is 5.63. The van der Waals surface area contributed by atoms with Gasteiger partial charge in [0.15, 0.2) is 0 Å². The standard InChI is InChI=1S/C18H23F2N3O2/c1-12(2)9-10-23(13-7-8-13)11-16-21-17(22-25-16)14-5-3-4-6-15(14)24-18(19)20/h3-6,12-13,18H,7-11H2,1-2H3. The van der Waals surface area contributed by atoms with Crippen LogP contribution in [0.1, 0.15) is 39.0 Å². The molecule has 25 heavy (non-hydrogen) atoms. The molecule has 1 aromatic carbocycles. The Labute approximate surface area is 146 Å². The van der Waals surface area contributed by atoms with E-state index in [4.69, 9.17) is 4.52 Å². The van der Waals surface area contributed by atoms with Gasteiger partial charge in [-0.1, -0.05) is 31.1 Å². The van der Waals surface area contributed by atoms with Gasteiger partial charge in [-0.05, 0) is 43.9 Å². The van der Waals surface area contributed by atoms with Crippen molar-refractivity contribution in [1.29, 1.82) is 0 Å². The molecule has 0 aliphatic heterocycles. The van der Waals surface area contributed by atoms with E-state index < -0.39 is 6.61 Å². The summed E-state index contributed by atoms with van der Waals surface area (Å²) >= 11 is 0. The first kappa shape index (κ1) is 17.8. The number of ether oxygens (including phenoxy) is 1. The Morgan fingerprint density at radius 1 is 1.28 bits per heavy atom. The van der Waals surface area contributed by atoms with Crippen LogP contribution in [-0.4, -0.2) is 34.2 Å². The van der Waals surface area contributed by atoms with Gasteiger partial charge in [-0.3, -0.25) is 4.90 Å². The molecule has 1 aliphatic rings. The van der Waals surface area contributed by atoms with E-state index >= 15 is 0 Å². The minimum atomic E-state index is -2.89. The summed E-state index contributed by atoms with van der Waals surface area (Å²) in [7, 11) is 0. The van der Waals surface area contributed by atoms with E-state index in [1.165, 1.54) is 18.9 Å². The summed E-state index contributed by atoms with van der Waals surface area (Å²) < 4.78 is 35.0. The Balaban J connectivity index is 1.72. The summed E-state index contributed by atoms with van der Waals surface area (Å²) in [6.45, 7) is 3.09. The van der Waals surface area contributed by atoms with E-state index in [2.05, 4.69) is 33.6 Å². The predicted molar refractivity (Wildman–Crippen MR) is 89.3 cm³/mol. The van der Waals surface area contributed by atoms with E-state index in [1.54, 1.807) is 18.2 Å². The van der Waals surface area contributed by atoms with Crippen LogP contribution < -0.4 is 4.74 Å². The van der Waals surface area contributed by atoms with Crippen LogP contribution in [0.3, 0.4) is 0 Å². The number of halogens is 2. The summed E-state index contributed by atoms with van der Waals surface area (Å²) in [6.07, 6.45) is 3.51. The summed E-state index contributed by atoms with van der Waals surface area (Å²) in [4.78, 5) is 6.74. The molecule has 0 N–H and O–H groups in total.